The molecule has 4 fully saturated rings. The van der Waals surface area contributed by atoms with Gasteiger partial charge in [-0.25, -0.2) is 4.31 Å². The van der Waals surface area contributed by atoms with Gasteiger partial charge in [-0.05, 0) is 32.1 Å². The summed E-state index contributed by atoms with van der Waals surface area (Å²) in [6, 6.07) is 0.133. The average Bonchev–Trinajstić information content (AvgIpc) is 3.31. The van der Waals surface area contributed by atoms with Crippen LogP contribution in [0.4, 0.5) is 0 Å². The molecule has 0 aromatic heterocycles. The van der Waals surface area contributed by atoms with Crippen LogP contribution in [0.25, 0.3) is 0 Å². The Morgan fingerprint density at radius 3 is 2.55 bits per heavy atom. The lowest BCUT2D eigenvalue weighted by molar-refractivity contribution is -0.129. The quantitative estimate of drug-likeness (QED) is 0.738. The first kappa shape index (κ1) is 13.0. The van der Waals surface area contributed by atoms with E-state index in [9.17, 15) is 13.2 Å². The topological polar surface area (TPSA) is 66.9 Å². The van der Waals surface area contributed by atoms with E-state index in [-0.39, 0.29) is 29.9 Å². The third-order valence-electron chi connectivity index (χ3n) is 4.89. The van der Waals surface area contributed by atoms with Crippen molar-refractivity contribution in [1.29, 1.82) is 0 Å². The van der Waals surface area contributed by atoms with Gasteiger partial charge in [0.2, 0.25) is 5.91 Å². The van der Waals surface area contributed by atoms with Crippen LogP contribution in [0, 0.1) is 11.8 Å². The van der Waals surface area contributed by atoms with Gasteiger partial charge in [-0.3, -0.25) is 4.79 Å². The number of amides is 1. The fraction of sp³-hybridized carbons (Fsp3) is 0.923. The molecule has 20 heavy (non-hydrogen) atoms. The predicted octanol–water partition coefficient (Wildman–Crippen LogP) is 0.353. The molecule has 0 bridgehead atoms. The number of hydrogen-bond donors (Lipinski definition) is 0. The molecule has 0 N–H and O–H groups in total. The van der Waals surface area contributed by atoms with Gasteiger partial charge in [0.25, 0.3) is 0 Å². The van der Waals surface area contributed by atoms with Gasteiger partial charge in [0.15, 0.2) is 0 Å². The lowest BCUT2D eigenvalue weighted by Crippen LogP contribution is -2.53. The van der Waals surface area contributed by atoms with E-state index in [1.165, 1.54) is 4.31 Å². The monoisotopic (exact) mass is 300 g/mol. The zero-order chi connectivity index (χ0) is 13.9. The largest absolute Gasteiger partial charge is 0.377 e. The van der Waals surface area contributed by atoms with Gasteiger partial charge in [-0.2, -0.15) is 12.7 Å². The average molecular weight is 300 g/mol. The van der Waals surface area contributed by atoms with Crippen molar-refractivity contribution in [3.8, 4) is 0 Å². The van der Waals surface area contributed by atoms with Gasteiger partial charge in [0.05, 0.1) is 12.0 Å². The van der Waals surface area contributed by atoms with Gasteiger partial charge < -0.3 is 4.74 Å². The molecule has 1 amide bonds. The maximum absolute atomic E-state index is 12.6. The van der Waals surface area contributed by atoms with Crippen LogP contribution < -0.4 is 0 Å². The van der Waals surface area contributed by atoms with Crippen LogP contribution in [-0.2, 0) is 19.7 Å². The molecule has 0 spiro atoms. The summed E-state index contributed by atoms with van der Waals surface area (Å²) in [4.78, 5) is 12.6. The minimum Gasteiger partial charge on any atom is -0.377 e. The second-order valence-electron chi connectivity index (χ2n) is 6.28. The van der Waals surface area contributed by atoms with E-state index in [1.807, 2.05) is 0 Å². The Morgan fingerprint density at radius 1 is 1.10 bits per heavy atom. The summed E-state index contributed by atoms with van der Waals surface area (Å²) in [5, 5.41) is 0. The maximum Gasteiger partial charge on any atom is 0.306 e. The minimum absolute atomic E-state index is 0.0252. The molecule has 4 aliphatic rings. The molecular weight excluding hydrogens is 280 g/mol. The van der Waals surface area contributed by atoms with Crippen LogP contribution in [0.3, 0.4) is 0 Å². The van der Waals surface area contributed by atoms with Gasteiger partial charge in [-0.15, -0.1) is 0 Å². The van der Waals surface area contributed by atoms with Crippen molar-refractivity contribution in [2.24, 2.45) is 11.8 Å². The number of rotatable bonds is 2. The van der Waals surface area contributed by atoms with Crippen molar-refractivity contribution in [2.75, 3.05) is 19.7 Å². The first-order valence-corrected chi connectivity index (χ1v) is 8.95. The van der Waals surface area contributed by atoms with Crippen molar-refractivity contribution in [1.82, 2.24) is 8.61 Å². The fourth-order valence-corrected chi connectivity index (χ4v) is 5.54. The summed E-state index contributed by atoms with van der Waals surface area (Å²) in [5.74, 6) is -0.193. The van der Waals surface area contributed by atoms with Crippen LogP contribution in [0.5, 0.6) is 0 Å². The smallest absolute Gasteiger partial charge is 0.306 e. The van der Waals surface area contributed by atoms with Gasteiger partial charge in [0.1, 0.15) is 0 Å². The van der Waals surface area contributed by atoms with E-state index >= 15 is 0 Å². The minimum atomic E-state index is -3.59. The summed E-state index contributed by atoms with van der Waals surface area (Å²) in [6.45, 7) is 1.59. The molecule has 0 unspecified atom stereocenters. The highest BCUT2D eigenvalue weighted by molar-refractivity contribution is 7.87. The molecule has 2 saturated heterocycles. The Bertz CT molecular complexity index is 518. The molecule has 0 aromatic rings. The van der Waals surface area contributed by atoms with Gasteiger partial charge in [0, 0.05) is 31.7 Å². The second kappa shape index (κ2) is 4.42. The molecule has 6 nitrogen and oxygen atoms in total. The van der Waals surface area contributed by atoms with Crippen molar-refractivity contribution in [2.45, 2.75) is 44.2 Å². The molecule has 2 saturated carbocycles. The zero-order valence-corrected chi connectivity index (χ0v) is 12.2. The van der Waals surface area contributed by atoms with Crippen LogP contribution in [0.1, 0.15) is 32.1 Å². The summed E-state index contributed by atoms with van der Waals surface area (Å²) >= 11 is 0. The molecule has 2 aliphatic heterocycles. The van der Waals surface area contributed by atoms with Crippen molar-refractivity contribution in [3.05, 3.63) is 0 Å². The predicted molar refractivity (Wildman–Crippen MR) is 70.9 cm³/mol. The fourth-order valence-electron chi connectivity index (χ4n) is 3.63. The standard InChI is InChI=1S/C13H20N2O4S/c16-13(11-10-3-1-8-19-12(10)11)15-7-2-6-14(9-4-5-9)20(15,17)18/h9-12H,1-8H2/t10-,11-,12-/m1/s1. The maximum atomic E-state index is 12.6. The highest BCUT2D eigenvalue weighted by Gasteiger charge is 2.60. The molecule has 0 radical (unpaired) electrons. The van der Waals surface area contributed by atoms with Crippen molar-refractivity contribution in [3.63, 3.8) is 0 Å². The SMILES string of the molecule is O=C([C@@H]1[C@H]2CCCO[C@H]21)N1CCCN(C2CC2)S1(=O)=O. The normalized spacial score (nSPS) is 40.2. The molecule has 0 aromatic carbocycles. The number of carbonyl (C=O) groups excluding carboxylic acids is 1. The lowest BCUT2D eigenvalue weighted by atomic mass is 10.2. The molecule has 112 valence electrons. The van der Waals surface area contributed by atoms with E-state index in [0.717, 1.165) is 36.4 Å². The molecular formula is C13H20N2O4S. The van der Waals surface area contributed by atoms with Crippen LogP contribution in [0.15, 0.2) is 0 Å². The molecule has 4 rings (SSSR count). The molecule has 2 heterocycles. The van der Waals surface area contributed by atoms with E-state index in [0.29, 0.717) is 19.7 Å². The highest BCUT2D eigenvalue weighted by atomic mass is 32.2. The number of fused-ring (bicyclic) bond motifs is 1. The Hall–Kier alpha value is -0.660. The summed E-state index contributed by atoms with van der Waals surface area (Å²) < 4.78 is 33.4. The number of nitrogens with zero attached hydrogens (tertiary/aromatic N) is 2. The van der Waals surface area contributed by atoms with Crippen LogP contribution in [-0.4, -0.2) is 54.8 Å². The Balaban J connectivity index is 1.53. The van der Waals surface area contributed by atoms with Gasteiger partial charge >= 0.3 is 10.2 Å². The first-order chi connectivity index (χ1) is 9.60. The molecule has 7 heteroatoms. The number of ether oxygens (including phenoxy) is 1. The van der Waals surface area contributed by atoms with E-state index < -0.39 is 10.2 Å². The third-order valence-corrected chi connectivity index (χ3v) is 6.88. The summed E-state index contributed by atoms with van der Waals surface area (Å²) in [7, 11) is -3.59. The van der Waals surface area contributed by atoms with E-state index in [4.69, 9.17) is 4.74 Å². The number of carbonyl (C=O) groups is 1. The Morgan fingerprint density at radius 2 is 1.90 bits per heavy atom. The molecule has 3 atom stereocenters. The Labute approximate surface area is 119 Å². The van der Waals surface area contributed by atoms with Crippen LogP contribution >= 0.6 is 0 Å². The third kappa shape index (κ3) is 1.90. The van der Waals surface area contributed by atoms with Crippen LogP contribution in [0.2, 0.25) is 0 Å². The van der Waals surface area contributed by atoms with Gasteiger partial charge in [-0.1, -0.05) is 0 Å². The second-order valence-corrected chi connectivity index (χ2v) is 8.09. The summed E-state index contributed by atoms with van der Waals surface area (Å²) in [5.41, 5.74) is 0. The summed E-state index contributed by atoms with van der Waals surface area (Å²) in [6.07, 6.45) is 4.54. The first-order valence-electron chi connectivity index (χ1n) is 7.55. The van der Waals surface area contributed by atoms with Crippen molar-refractivity contribution < 1.29 is 17.9 Å². The van der Waals surface area contributed by atoms with E-state index in [1.54, 1.807) is 0 Å². The Kier molecular flexibility index (Phi) is 2.88. The van der Waals surface area contributed by atoms with Crippen molar-refractivity contribution >= 4 is 16.1 Å². The molecule has 2 aliphatic carbocycles. The number of hydrogen-bond acceptors (Lipinski definition) is 4. The highest BCUT2D eigenvalue weighted by Crippen LogP contribution is 2.49. The van der Waals surface area contributed by atoms with E-state index in [2.05, 4.69) is 0 Å². The lowest BCUT2D eigenvalue weighted by Gasteiger charge is -2.34. The zero-order valence-electron chi connectivity index (χ0n) is 11.4.